The van der Waals surface area contributed by atoms with E-state index in [-0.39, 0.29) is 5.38 Å². The van der Waals surface area contributed by atoms with Crippen molar-refractivity contribution in [2.45, 2.75) is 25.6 Å². The first kappa shape index (κ1) is 11.8. The Labute approximate surface area is 103 Å². The zero-order valence-corrected chi connectivity index (χ0v) is 10.2. The van der Waals surface area contributed by atoms with Gasteiger partial charge < -0.3 is 14.3 Å². The maximum absolute atomic E-state index is 5.79. The van der Waals surface area contributed by atoms with Gasteiger partial charge in [-0.3, -0.25) is 0 Å². The SMILES string of the molecule is Cc1nc(CCNc2nnc(C(C)Cl)o2)no1. The molecule has 2 rings (SSSR count). The van der Waals surface area contributed by atoms with Crippen LogP contribution in [0.2, 0.25) is 0 Å². The van der Waals surface area contributed by atoms with Crippen molar-refractivity contribution in [2.75, 3.05) is 11.9 Å². The predicted molar refractivity (Wildman–Crippen MR) is 59.8 cm³/mol. The van der Waals surface area contributed by atoms with E-state index in [2.05, 4.69) is 25.7 Å². The molecule has 0 bridgehead atoms. The molecule has 0 saturated carbocycles. The van der Waals surface area contributed by atoms with Crippen molar-refractivity contribution in [2.24, 2.45) is 0 Å². The van der Waals surface area contributed by atoms with Crippen LogP contribution in [0, 0.1) is 6.92 Å². The highest BCUT2D eigenvalue weighted by atomic mass is 35.5. The molecule has 8 heteroatoms. The smallest absolute Gasteiger partial charge is 0.315 e. The van der Waals surface area contributed by atoms with Gasteiger partial charge in [-0.05, 0) is 6.92 Å². The van der Waals surface area contributed by atoms with Crippen molar-refractivity contribution in [3.63, 3.8) is 0 Å². The minimum atomic E-state index is -0.294. The fraction of sp³-hybridized carbons (Fsp3) is 0.556. The van der Waals surface area contributed by atoms with E-state index >= 15 is 0 Å². The van der Waals surface area contributed by atoms with E-state index in [4.69, 9.17) is 20.5 Å². The molecule has 17 heavy (non-hydrogen) atoms. The largest absolute Gasteiger partial charge is 0.407 e. The molecule has 0 aliphatic carbocycles. The molecule has 0 amide bonds. The van der Waals surface area contributed by atoms with E-state index in [0.29, 0.717) is 36.6 Å². The van der Waals surface area contributed by atoms with Gasteiger partial charge in [0, 0.05) is 19.9 Å². The minimum absolute atomic E-state index is 0.294. The van der Waals surface area contributed by atoms with Crippen molar-refractivity contribution in [3.8, 4) is 0 Å². The fourth-order valence-corrected chi connectivity index (χ4v) is 1.28. The average molecular weight is 258 g/mol. The van der Waals surface area contributed by atoms with Crippen LogP contribution in [0.5, 0.6) is 0 Å². The number of halogens is 1. The third-order valence-corrected chi connectivity index (χ3v) is 2.16. The van der Waals surface area contributed by atoms with Crippen LogP contribution < -0.4 is 5.32 Å². The second kappa shape index (κ2) is 5.13. The Bertz CT molecular complexity index is 481. The lowest BCUT2D eigenvalue weighted by atomic mass is 10.4. The number of anilines is 1. The summed E-state index contributed by atoms with van der Waals surface area (Å²) >= 11 is 5.79. The molecule has 1 unspecified atom stereocenters. The summed E-state index contributed by atoms with van der Waals surface area (Å²) in [5, 5.41) is 14.0. The quantitative estimate of drug-likeness (QED) is 0.816. The zero-order valence-electron chi connectivity index (χ0n) is 9.47. The molecule has 1 N–H and O–H groups in total. The van der Waals surface area contributed by atoms with Crippen molar-refractivity contribution in [1.29, 1.82) is 0 Å². The van der Waals surface area contributed by atoms with Crippen LogP contribution in [0.1, 0.15) is 29.9 Å². The molecular weight excluding hydrogens is 246 g/mol. The monoisotopic (exact) mass is 257 g/mol. The Kier molecular flexibility index (Phi) is 3.58. The van der Waals surface area contributed by atoms with E-state index in [0.717, 1.165) is 0 Å². The second-order valence-corrected chi connectivity index (χ2v) is 4.12. The van der Waals surface area contributed by atoms with Gasteiger partial charge in [0.25, 0.3) is 0 Å². The van der Waals surface area contributed by atoms with Crippen LogP contribution in [-0.2, 0) is 6.42 Å². The number of hydrogen-bond donors (Lipinski definition) is 1. The molecule has 0 aromatic carbocycles. The molecule has 92 valence electrons. The van der Waals surface area contributed by atoms with E-state index in [1.54, 1.807) is 13.8 Å². The minimum Gasteiger partial charge on any atom is -0.407 e. The van der Waals surface area contributed by atoms with Crippen LogP contribution in [0.15, 0.2) is 8.94 Å². The highest BCUT2D eigenvalue weighted by molar-refractivity contribution is 6.20. The highest BCUT2D eigenvalue weighted by Gasteiger charge is 2.10. The van der Waals surface area contributed by atoms with Crippen LogP contribution in [-0.4, -0.2) is 26.9 Å². The Balaban J connectivity index is 1.81. The second-order valence-electron chi connectivity index (χ2n) is 3.47. The molecular formula is C9H12ClN5O2. The number of nitrogens with zero attached hydrogens (tertiary/aromatic N) is 4. The summed E-state index contributed by atoms with van der Waals surface area (Å²) in [4.78, 5) is 4.07. The van der Waals surface area contributed by atoms with Crippen LogP contribution in [0.25, 0.3) is 0 Å². The number of aromatic nitrogens is 4. The zero-order chi connectivity index (χ0) is 12.3. The summed E-state index contributed by atoms with van der Waals surface area (Å²) in [7, 11) is 0. The van der Waals surface area contributed by atoms with Crippen molar-refractivity contribution in [3.05, 3.63) is 17.6 Å². The molecule has 2 aromatic heterocycles. The lowest BCUT2D eigenvalue weighted by Gasteiger charge is -1.97. The first-order valence-corrected chi connectivity index (χ1v) is 5.59. The average Bonchev–Trinajstić information content (AvgIpc) is 2.88. The van der Waals surface area contributed by atoms with Gasteiger partial charge in [-0.15, -0.1) is 16.7 Å². The van der Waals surface area contributed by atoms with Crippen molar-refractivity contribution < 1.29 is 8.94 Å². The van der Waals surface area contributed by atoms with Gasteiger partial charge in [-0.25, -0.2) is 0 Å². The van der Waals surface area contributed by atoms with Gasteiger partial charge in [-0.2, -0.15) is 4.98 Å². The van der Waals surface area contributed by atoms with Crippen molar-refractivity contribution >= 4 is 17.6 Å². The van der Waals surface area contributed by atoms with Crippen LogP contribution in [0.3, 0.4) is 0 Å². The molecule has 0 saturated heterocycles. The first-order chi connectivity index (χ1) is 8.15. The molecule has 0 fully saturated rings. The fourth-order valence-electron chi connectivity index (χ4n) is 1.19. The Morgan fingerprint density at radius 1 is 1.41 bits per heavy atom. The number of aryl methyl sites for hydroxylation is 1. The van der Waals surface area contributed by atoms with E-state index in [1.165, 1.54) is 0 Å². The van der Waals surface area contributed by atoms with Crippen LogP contribution in [0.4, 0.5) is 6.01 Å². The first-order valence-electron chi connectivity index (χ1n) is 5.15. The molecule has 2 heterocycles. The van der Waals surface area contributed by atoms with Crippen molar-refractivity contribution in [1.82, 2.24) is 20.3 Å². The molecule has 2 aromatic rings. The highest BCUT2D eigenvalue weighted by Crippen LogP contribution is 2.18. The van der Waals surface area contributed by atoms with Gasteiger partial charge in [-0.1, -0.05) is 10.3 Å². The Morgan fingerprint density at radius 2 is 2.24 bits per heavy atom. The van der Waals surface area contributed by atoms with Gasteiger partial charge in [0.1, 0.15) is 5.38 Å². The summed E-state index contributed by atoms with van der Waals surface area (Å²) in [5.41, 5.74) is 0. The number of hydrogen-bond acceptors (Lipinski definition) is 7. The summed E-state index contributed by atoms with van der Waals surface area (Å²) in [6.45, 7) is 4.09. The molecule has 0 spiro atoms. The lowest BCUT2D eigenvalue weighted by molar-refractivity contribution is 0.387. The Morgan fingerprint density at radius 3 is 2.82 bits per heavy atom. The predicted octanol–water partition coefficient (Wildman–Crippen LogP) is 1.72. The summed E-state index contributed by atoms with van der Waals surface area (Å²) in [6, 6.07) is 0.340. The maximum atomic E-state index is 5.79. The topological polar surface area (TPSA) is 89.9 Å². The molecule has 0 aliphatic rings. The van der Waals surface area contributed by atoms with Gasteiger partial charge in [0.15, 0.2) is 5.82 Å². The van der Waals surface area contributed by atoms with Gasteiger partial charge >= 0.3 is 6.01 Å². The molecule has 7 nitrogen and oxygen atoms in total. The standard InChI is InChI=1S/C9H12ClN5O2/c1-5(10)8-13-14-9(16-8)11-4-3-7-12-6(2)17-15-7/h5H,3-4H2,1-2H3,(H,11,14). The number of nitrogens with one attached hydrogen (secondary N) is 1. The molecule has 0 aliphatic heterocycles. The lowest BCUT2D eigenvalue weighted by Crippen LogP contribution is -2.06. The molecule has 1 atom stereocenters. The number of alkyl halides is 1. The van der Waals surface area contributed by atoms with E-state index in [1.807, 2.05) is 0 Å². The summed E-state index contributed by atoms with van der Waals surface area (Å²) in [6.07, 6.45) is 0.617. The van der Waals surface area contributed by atoms with Gasteiger partial charge in [0.05, 0.1) is 0 Å². The third-order valence-electron chi connectivity index (χ3n) is 1.98. The Hall–Kier alpha value is -1.63. The maximum Gasteiger partial charge on any atom is 0.315 e. The van der Waals surface area contributed by atoms with E-state index < -0.39 is 0 Å². The summed E-state index contributed by atoms with van der Waals surface area (Å²) in [5.74, 6) is 1.58. The summed E-state index contributed by atoms with van der Waals surface area (Å²) < 4.78 is 10.1. The third kappa shape index (κ3) is 3.16. The van der Waals surface area contributed by atoms with Crippen LogP contribution >= 0.6 is 11.6 Å². The normalized spacial score (nSPS) is 12.6. The molecule has 0 radical (unpaired) electrons. The number of rotatable bonds is 5. The van der Waals surface area contributed by atoms with Gasteiger partial charge in [0.2, 0.25) is 11.8 Å². The van der Waals surface area contributed by atoms with E-state index in [9.17, 15) is 0 Å².